The molecule has 0 atom stereocenters. The van der Waals surface area contributed by atoms with Crippen LogP contribution in [0.25, 0.3) is 0 Å². The third-order valence-electron chi connectivity index (χ3n) is 1.74. The normalized spacial score (nSPS) is 10.6. The summed E-state index contributed by atoms with van der Waals surface area (Å²) in [5.74, 6) is -1.08. The molecule has 1 heterocycles. The molecule has 1 aromatic heterocycles. The number of anilines is 1. The molecule has 7 heteroatoms. The summed E-state index contributed by atoms with van der Waals surface area (Å²) in [4.78, 5) is 14.8. The van der Waals surface area contributed by atoms with E-state index >= 15 is 0 Å². The Kier molecular flexibility index (Phi) is 4.17. The minimum Gasteiger partial charge on any atom is -0.461 e. The summed E-state index contributed by atoms with van der Waals surface area (Å²) >= 11 is 2.91. The monoisotopic (exact) mass is 294 g/mol. The molecule has 1 aromatic rings. The molecule has 0 spiro atoms. The van der Waals surface area contributed by atoms with Crippen LogP contribution in [-0.4, -0.2) is 17.6 Å². The number of esters is 1. The summed E-state index contributed by atoms with van der Waals surface area (Å²) in [5, 5.41) is 0. The maximum absolute atomic E-state index is 12.5. The van der Waals surface area contributed by atoms with Gasteiger partial charge in [-0.15, -0.1) is 0 Å². The lowest BCUT2D eigenvalue weighted by atomic mass is 10.2. The minimum atomic E-state index is -2.75. The van der Waals surface area contributed by atoms with Gasteiger partial charge in [-0.05, 0) is 13.0 Å². The van der Waals surface area contributed by atoms with Crippen LogP contribution in [-0.2, 0) is 4.74 Å². The summed E-state index contributed by atoms with van der Waals surface area (Å²) in [6.07, 6.45) is -2.75. The molecular weight excluding hydrogens is 286 g/mol. The Balaban J connectivity index is 3.14. The van der Waals surface area contributed by atoms with Crippen LogP contribution in [0, 0.1) is 0 Å². The van der Waals surface area contributed by atoms with Crippen molar-refractivity contribution < 1.29 is 18.3 Å². The molecule has 16 heavy (non-hydrogen) atoms. The SMILES string of the molecule is CCOC(=O)c1cc(Br)c(C(F)F)c(N)n1. The number of nitrogens with two attached hydrogens (primary N) is 1. The van der Waals surface area contributed by atoms with Crippen molar-refractivity contribution in [2.24, 2.45) is 0 Å². The fourth-order valence-corrected chi connectivity index (χ4v) is 1.66. The van der Waals surface area contributed by atoms with E-state index in [1.807, 2.05) is 0 Å². The molecule has 0 saturated carbocycles. The van der Waals surface area contributed by atoms with Crippen molar-refractivity contribution in [3.63, 3.8) is 0 Å². The van der Waals surface area contributed by atoms with E-state index in [9.17, 15) is 13.6 Å². The molecule has 0 aliphatic rings. The molecule has 0 saturated heterocycles. The molecule has 0 bridgehead atoms. The Labute approximate surface area is 98.9 Å². The van der Waals surface area contributed by atoms with Gasteiger partial charge in [-0.1, -0.05) is 15.9 Å². The third kappa shape index (κ3) is 2.66. The van der Waals surface area contributed by atoms with Crippen LogP contribution in [0.2, 0.25) is 0 Å². The van der Waals surface area contributed by atoms with E-state index in [1.54, 1.807) is 6.92 Å². The molecule has 88 valence electrons. The van der Waals surface area contributed by atoms with Crippen molar-refractivity contribution in [2.45, 2.75) is 13.3 Å². The standard InChI is InChI=1S/C9H9BrF2N2O2/c1-2-16-9(15)5-3-4(10)6(7(11)12)8(13)14-5/h3,7H,2H2,1H3,(H2,13,14). The highest BCUT2D eigenvalue weighted by Gasteiger charge is 2.20. The van der Waals surface area contributed by atoms with E-state index < -0.39 is 18.0 Å². The molecule has 2 N–H and O–H groups in total. The van der Waals surface area contributed by atoms with Gasteiger partial charge in [0.2, 0.25) is 0 Å². The van der Waals surface area contributed by atoms with Crippen molar-refractivity contribution in [1.82, 2.24) is 4.98 Å². The molecule has 0 aliphatic heterocycles. The number of carbonyl (C=O) groups excluding carboxylic acids is 1. The predicted molar refractivity (Wildman–Crippen MR) is 57.3 cm³/mol. The van der Waals surface area contributed by atoms with Crippen LogP contribution in [0.4, 0.5) is 14.6 Å². The summed E-state index contributed by atoms with van der Waals surface area (Å²) in [7, 11) is 0. The molecule has 1 rings (SSSR count). The van der Waals surface area contributed by atoms with Crippen LogP contribution in [0.3, 0.4) is 0 Å². The number of nitrogens with zero attached hydrogens (tertiary/aromatic N) is 1. The second kappa shape index (κ2) is 5.20. The van der Waals surface area contributed by atoms with E-state index in [2.05, 4.69) is 25.7 Å². The van der Waals surface area contributed by atoms with Crippen LogP contribution < -0.4 is 5.73 Å². The maximum Gasteiger partial charge on any atom is 0.357 e. The second-order valence-corrected chi connectivity index (χ2v) is 3.66. The number of nitrogen functional groups attached to an aromatic ring is 1. The number of aromatic nitrogens is 1. The van der Waals surface area contributed by atoms with Gasteiger partial charge < -0.3 is 10.5 Å². The Bertz CT molecular complexity index is 389. The highest BCUT2D eigenvalue weighted by molar-refractivity contribution is 9.10. The maximum atomic E-state index is 12.5. The lowest BCUT2D eigenvalue weighted by Crippen LogP contribution is -2.10. The lowest BCUT2D eigenvalue weighted by Gasteiger charge is -2.08. The Morgan fingerprint density at radius 1 is 1.69 bits per heavy atom. The Hall–Kier alpha value is -1.24. The number of alkyl halides is 2. The Morgan fingerprint density at radius 2 is 2.31 bits per heavy atom. The van der Waals surface area contributed by atoms with Crippen molar-refractivity contribution in [1.29, 1.82) is 0 Å². The minimum absolute atomic E-state index is 0.0399. The average molecular weight is 295 g/mol. The highest BCUT2D eigenvalue weighted by atomic mass is 79.9. The number of hydrogen-bond acceptors (Lipinski definition) is 4. The highest BCUT2D eigenvalue weighted by Crippen LogP contribution is 2.31. The van der Waals surface area contributed by atoms with Gasteiger partial charge in [0.05, 0.1) is 12.2 Å². The molecule has 0 aromatic carbocycles. The zero-order valence-corrected chi connectivity index (χ0v) is 9.92. The number of rotatable bonds is 3. The van der Waals surface area contributed by atoms with Crippen molar-refractivity contribution >= 4 is 27.7 Å². The summed E-state index contributed by atoms with van der Waals surface area (Å²) in [6.45, 7) is 1.80. The summed E-state index contributed by atoms with van der Waals surface area (Å²) in [6, 6.07) is 1.16. The first-order valence-electron chi connectivity index (χ1n) is 4.38. The zero-order valence-electron chi connectivity index (χ0n) is 8.34. The van der Waals surface area contributed by atoms with Gasteiger partial charge in [0.25, 0.3) is 6.43 Å². The van der Waals surface area contributed by atoms with Crippen molar-refractivity contribution in [3.05, 3.63) is 21.8 Å². The van der Waals surface area contributed by atoms with Crippen LogP contribution in [0.5, 0.6) is 0 Å². The largest absolute Gasteiger partial charge is 0.461 e. The van der Waals surface area contributed by atoms with Gasteiger partial charge in [0, 0.05) is 4.47 Å². The summed E-state index contributed by atoms with van der Waals surface area (Å²) < 4.78 is 29.7. The predicted octanol–water partition coefficient (Wildman–Crippen LogP) is 2.54. The van der Waals surface area contributed by atoms with Crippen LogP contribution in [0.1, 0.15) is 29.4 Å². The number of carbonyl (C=O) groups is 1. The van der Waals surface area contributed by atoms with Gasteiger partial charge in [-0.25, -0.2) is 18.6 Å². The topological polar surface area (TPSA) is 65.2 Å². The first kappa shape index (κ1) is 12.8. The number of ether oxygens (including phenoxy) is 1. The van der Waals surface area contributed by atoms with Crippen molar-refractivity contribution in [3.8, 4) is 0 Å². The fraction of sp³-hybridized carbons (Fsp3) is 0.333. The van der Waals surface area contributed by atoms with Gasteiger partial charge in [-0.2, -0.15) is 0 Å². The number of halogens is 3. The van der Waals surface area contributed by atoms with Gasteiger partial charge in [-0.3, -0.25) is 0 Å². The van der Waals surface area contributed by atoms with Crippen LogP contribution in [0.15, 0.2) is 10.5 Å². The lowest BCUT2D eigenvalue weighted by molar-refractivity contribution is 0.0519. The van der Waals surface area contributed by atoms with Gasteiger partial charge in [0.1, 0.15) is 5.82 Å². The first-order valence-corrected chi connectivity index (χ1v) is 5.17. The molecular formula is C9H9BrF2N2O2. The van der Waals surface area contributed by atoms with Crippen LogP contribution >= 0.6 is 15.9 Å². The molecule has 0 radical (unpaired) electrons. The average Bonchev–Trinajstić information content (AvgIpc) is 2.16. The Morgan fingerprint density at radius 3 is 2.75 bits per heavy atom. The third-order valence-corrected chi connectivity index (χ3v) is 2.40. The second-order valence-electron chi connectivity index (χ2n) is 2.81. The quantitative estimate of drug-likeness (QED) is 0.870. The molecule has 4 nitrogen and oxygen atoms in total. The van der Waals surface area contributed by atoms with Gasteiger partial charge in [0.15, 0.2) is 5.69 Å². The van der Waals surface area contributed by atoms with Gasteiger partial charge >= 0.3 is 5.97 Å². The molecule has 0 unspecified atom stereocenters. The zero-order chi connectivity index (χ0) is 12.3. The smallest absolute Gasteiger partial charge is 0.357 e. The number of pyridine rings is 1. The molecule has 0 amide bonds. The summed E-state index contributed by atoms with van der Waals surface area (Å²) in [5.41, 5.74) is 4.80. The first-order chi connectivity index (χ1) is 7.47. The van der Waals surface area contributed by atoms with E-state index in [1.165, 1.54) is 0 Å². The fourth-order valence-electron chi connectivity index (χ4n) is 1.07. The van der Waals surface area contributed by atoms with E-state index in [0.717, 1.165) is 6.07 Å². The van der Waals surface area contributed by atoms with E-state index in [4.69, 9.17) is 5.73 Å². The van der Waals surface area contributed by atoms with E-state index in [0.29, 0.717) is 0 Å². The molecule has 0 aliphatic carbocycles. The molecule has 0 fully saturated rings. The van der Waals surface area contributed by atoms with E-state index in [-0.39, 0.29) is 22.6 Å². The van der Waals surface area contributed by atoms with Crippen molar-refractivity contribution in [2.75, 3.05) is 12.3 Å². The number of hydrogen-bond donors (Lipinski definition) is 1.